The molecule has 1 aliphatic heterocycles. The van der Waals surface area contributed by atoms with E-state index in [0.29, 0.717) is 0 Å². The molecule has 0 bridgehead atoms. The Morgan fingerprint density at radius 1 is 1.11 bits per heavy atom. The van der Waals surface area contributed by atoms with Crippen LogP contribution in [0.1, 0.15) is 0 Å². The molecule has 0 unspecified atom stereocenters. The fourth-order valence-electron chi connectivity index (χ4n) is 2.34. The van der Waals surface area contributed by atoms with Crippen LogP contribution in [0.25, 0.3) is 5.69 Å². The lowest BCUT2D eigenvalue weighted by molar-refractivity contribution is 0.313. The van der Waals surface area contributed by atoms with Crippen LogP contribution in [0, 0.1) is 0 Å². The van der Waals surface area contributed by atoms with Gasteiger partial charge in [0.25, 0.3) is 0 Å². The van der Waals surface area contributed by atoms with E-state index in [4.69, 9.17) is 0 Å². The van der Waals surface area contributed by atoms with E-state index >= 15 is 0 Å². The van der Waals surface area contributed by atoms with Crippen molar-refractivity contribution in [1.29, 1.82) is 0 Å². The Morgan fingerprint density at radius 2 is 1.84 bits per heavy atom. The molecular weight excluding hydrogens is 304 g/mol. The Kier molecular flexibility index (Phi) is 3.57. The first-order valence-corrected chi connectivity index (χ1v) is 7.26. The number of piperazine rings is 1. The second-order valence-electron chi connectivity index (χ2n) is 4.91. The predicted molar refractivity (Wildman–Crippen MR) is 81.0 cm³/mol. The van der Waals surface area contributed by atoms with Gasteiger partial charge in [-0.15, -0.1) is 0 Å². The largest absolute Gasteiger partial charge is 0.369 e. The fourth-order valence-corrected chi connectivity index (χ4v) is 2.62. The highest BCUT2D eigenvalue weighted by Gasteiger charge is 2.14. The second-order valence-corrected chi connectivity index (χ2v) is 5.83. The molecule has 1 fully saturated rings. The van der Waals surface area contributed by atoms with Gasteiger partial charge in [-0.25, -0.2) is 4.68 Å². The molecule has 0 N–H and O–H groups in total. The van der Waals surface area contributed by atoms with Crippen LogP contribution in [0.5, 0.6) is 0 Å². The number of rotatable bonds is 2. The summed E-state index contributed by atoms with van der Waals surface area (Å²) in [6, 6.07) is 8.55. The van der Waals surface area contributed by atoms with Crippen LogP contribution in [-0.4, -0.2) is 47.9 Å². The van der Waals surface area contributed by atoms with Gasteiger partial charge in [0, 0.05) is 38.1 Å². The Balaban J connectivity index is 1.84. The van der Waals surface area contributed by atoms with Crippen LogP contribution in [0.15, 0.2) is 41.1 Å². The number of anilines is 1. The molecule has 4 nitrogen and oxygen atoms in total. The van der Waals surface area contributed by atoms with E-state index in [2.05, 4.69) is 62.1 Å². The molecule has 3 rings (SSSR count). The van der Waals surface area contributed by atoms with Crippen LogP contribution in [0.2, 0.25) is 0 Å². The molecule has 5 heteroatoms. The number of hydrogen-bond donors (Lipinski definition) is 0. The van der Waals surface area contributed by atoms with Crippen LogP contribution in [-0.2, 0) is 0 Å². The lowest BCUT2D eigenvalue weighted by Gasteiger charge is -2.34. The summed E-state index contributed by atoms with van der Waals surface area (Å²) in [4.78, 5) is 4.80. The van der Waals surface area contributed by atoms with Crippen molar-refractivity contribution in [2.75, 3.05) is 38.1 Å². The number of hydrogen-bond acceptors (Lipinski definition) is 3. The third-order valence-corrected chi connectivity index (χ3v) is 3.92. The predicted octanol–water partition coefficient (Wildman–Crippen LogP) is 2.39. The molecule has 1 aromatic heterocycles. The smallest absolute Gasteiger partial charge is 0.0666 e. The molecule has 1 aliphatic rings. The Morgan fingerprint density at radius 3 is 2.53 bits per heavy atom. The number of halogens is 1. The molecule has 2 aromatic rings. The molecule has 0 radical (unpaired) electrons. The van der Waals surface area contributed by atoms with Crippen molar-refractivity contribution < 1.29 is 0 Å². The molecule has 0 saturated carbocycles. The summed E-state index contributed by atoms with van der Waals surface area (Å²) >= 11 is 3.43. The SMILES string of the molecule is CN1CCN(c2cccc(-n3cc(Br)cn3)c2)CC1. The first-order valence-electron chi connectivity index (χ1n) is 6.46. The van der Waals surface area contributed by atoms with Crippen molar-refractivity contribution in [2.24, 2.45) is 0 Å². The molecule has 1 aromatic carbocycles. The molecule has 0 atom stereocenters. The summed E-state index contributed by atoms with van der Waals surface area (Å²) < 4.78 is 2.89. The fraction of sp³-hybridized carbons (Fsp3) is 0.357. The van der Waals surface area contributed by atoms with Gasteiger partial charge in [0.05, 0.1) is 16.4 Å². The average Bonchev–Trinajstić information content (AvgIpc) is 2.86. The van der Waals surface area contributed by atoms with Gasteiger partial charge < -0.3 is 9.80 Å². The molecule has 1 saturated heterocycles. The van der Waals surface area contributed by atoms with Crippen LogP contribution in [0.4, 0.5) is 5.69 Å². The number of likely N-dealkylation sites (N-methyl/N-ethyl adjacent to an activating group) is 1. The van der Waals surface area contributed by atoms with Gasteiger partial charge in [0.15, 0.2) is 0 Å². The Hall–Kier alpha value is -1.33. The highest BCUT2D eigenvalue weighted by molar-refractivity contribution is 9.10. The Labute approximate surface area is 121 Å². The molecule has 0 amide bonds. The molecule has 0 aliphatic carbocycles. The molecule has 100 valence electrons. The lowest BCUT2D eigenvalue weighted by atomic mass is 10.2. The van der Waals surface area contributed by atoms with Gasteiger partial charge in [-0.2, -0.15) is 5.10 Å². The normalized spacial score (nSPS) is 16.8. The molecule has 19 heavy (non-hydrogen) atoms. The zero-order chi connectivity index (χ0) is 13.2. The van der Waals surface area contributed by atoms with Crippen LogP contribution < -0.4 is 4.90 Å². The number of nitrogens with zero attached hydrogens (tertiary/aromatic N) is 4. The summed E-state index contributed by atoms with van der Waals surface area (Å²) in [6.45, 7) is 4.42. The van der Waals surface area contributed by atoms with E-state index in [0.717, 1.165) is 36.3 Å². The van der Waals surface area contributed by atoms with Crippen molar-refractivity contribution in [3.05, 3.63) is 41.1 Å². The van der Waals surface area contributed by atoms with E-state index < -0.39 is 0 Å². The zero-order valence-electron chi connectivity index (χ0n) is 11.0. The van der Waals surface area contributed by atoms with E-state index in [9.17, 15) is 0 Å². The van der Waals surface area contributed by atoms with Crippen molar-refractivity contribution in [3.63, 3.8) is 0 Å². The zero-order valence-corrected chi connectivity index (χ0v) is 12.5. The summed E-state index contributed by atoms with van der Waals surface area (Å²) in [6.07, 6.45) is 3.78. The summed E-state index contributed by atoms with van der Waals surface area (Å²) in [5.41, 5.74) is 2.37. The van der Waals surface area contributed by atoms with Crippen molar-refractivity contribution in [1.82, 2.24) is 14.7 Å². The van der Waals surface area contributed by atoms with Crippen LogP contribution >= 0.6 is 15.9 Å². The maximum Gasteiger partial charge on any atom is 0.0666 e. The van der Waals surface area contributed by atoms with E-state index in [1.165, 1.54) is 5.69 Å². The highest BCUT2D eigenvalue weighted by Crippen LogP contribution is 2.20. The van der Waals surface area contributed by atoms with Gasteiger partial charge in [-0.05, 0) is 41.2 Å². The first kappa shape index (κ1) is 12.7. The van der Waals surface area contributed by atoms with Gasteiger partial charge in [-0.3, -0.25) is 0 Å². The van der Waals surface area contributed by atoms with Gasteiger partial charge in [-0.1, -0.05) is 6.07 Å². The maximum atomic E-state index is 4.33. The third kappa shape index (κ3) is 2.82. The van der Waals surface area contributed by atoms with Crippen molar-refractivity contribution >= 4 is 21.6 Å². The van der Waals surface area contributed by atoms with Gasteiger partial charge in [0.2, 0.25) is 0 Å². The average molecular weight is 321 g/mol. The quantitative estimate of drug-likeness (QED) is 0.849. The molecular formula is C14H17BrN4. The minimum atomic E-state index is 0.998. The molecule has 0 spiro atoms. The molecule has 2 heterocycles. The van der Waals surface area contributed by atoms with E-state index in [1.54, 1.807) is 0 Å². The highest BCUT2D eigenvalue weighted by atomic mass is 79.9. The monoisotopic (exact) mass is 320 g/mol. The lowest BCUT2D eigenvalue weighted by Crippen LogP contribution is -2.44. The second kappa shape index (κ2) is 5.35. The minimum Gasteiger partial charge on any atom is -0.369 e. The minimum absolute atomic E-state index is 0.998. The van der Waals surface area contributed by atoms with Crippen molar-refractivity contribution in [3.8, 4) is 5.69 Å². The standard InChI is InChI=1S/C14H17BrN4/c1-17-5-7-18(8-6-17)13-3-2-4-14(9-13)19-11-12(15)10-16-19/h2-4,9-11H,5-8H2,1H3. The first-order chi connectivity index (χ1) is 9.22. The summed E-state index contributed by atoms with van der Waals surface area (Å²) in [5, 5.41) is 4.33. The van der Waals surface area contributed by atoms with E-state index in [1.807, 2.05) is 17.1 Å². The number of aromatic nitrogens is 2. The van der Waals surface area contributed by atoms with Crippen molar-refractivity contribution in [2.45, 2.75) is 0 Å². The Bertz CT molecular complexity index is 558. The summed E-state index contributed by atoms with van der Waals surface area (Å²) in [7, 11) is 2.18. The summed E-state index contributed by atoms with van der Waals surface area (Å²) in [5.74, 6) is 0. The topological polar surface area (TPSA) is 24.3 Å². The van der Waals surface area contributed by atoms with Crippen LogP contribution in [0.3, 0.4) is 0 Å². The van der Waals surface area contributed by atoms with E-state index in [-0.39, 0.29) is 0 Å². The third-order valence-electron chi connectivity index (χ3n) is 3.51. The maximum absolute atomic E-state index is 4.33. The van der Waals surface area contributed by atoms with Gasteiger partial charge in [0.1, 0.15) is 0 Å². The van der Waals surface area contributed by atoms with Gasteiger partial charge >= 0.3 is 0 Å². The number of benzene rings is 1.